The van der Waals surface area contributed by atoms with E-state index in [9.17, 15) is 9.90 Å². The number of rotatable bonds is 2. The van der Waals surface area contributed by atoms with Crippen molar-refractivity contribution in [1.29, 1.82) is 0 Å². The largest absolute Gasteiger partial charge is 0.395 e. The van der Waals surface area contributed by atoms with Crippen LogP contribution in [0.5, 0.6) is 0 Å². The lowest BCUT2D eigenvalue weighted by Gasteiger charge is -2.48. The quantitative estimate of drug-likeness (QED) is 0.746. The van der Waals surface area contributed by atoms with E-state index in [1.165, 1.54) is 5.57 Å². The maximum atomic E-state index is 11.8. The summed E-state index contributed by atoms with van der Waals surface area (Å²) in [7, 11) is 0. The molecule has 0 aromatic rings. The second-order valence-electron chi connectivity index (χ2n) is 5.84. The fraction of sp³-hybridized carbons (Fsp3) is 0.667. The van der Waals surface area contributed by atoms with Gasteiger partial charge < -0.3 is 5.11 Å². The zero-order valence-corrected chi connectivity index (χ0v) is 10.8. The maximum absolute atomic E-state index is 11.8. The Morgan fingerprint density at radius 2 is 2.35 bits per heavy atom. The number of fused-ring (bicyclic) bond motifs is 1. The third-order valence-corrected chi connectivity index (χ3v) is 4.86. The fourth-order valence-electron chi connectivity index (χ4n) is 3.49. The molecule has 2 heteroatoms. The van der Waals surface area contributed by atoms with Crippen molar-refractivity contribution in [3.8, 4) is 0 Å². The molecule has 0 aromatic carbocycles. The SMILES string of the molecule is C=C(C)[C@@H]1CC[C@@]2(CO)C=CC(=O)[C@@H](C)[C@H]2C1. The second-order valence-corrected chi connectivity index (χ2v) is 5.84. The van der Waals surface area contributed by atoms with Gasteiger partial charge in [0.05, 0.1) is 6.61 Å². The predicted molar refractivity (Wildman–Crippen MR) is 68.5 cm³/mol. The minimum atomic E-state index is -0.153. The fourth-order valence-corrected chi connectivity index (χ4v) is 3.49. The molecule has 1 saturated carbocycles. The number of carbonyl (C=O) groups is 1. The molecule has 2 nitrogen and oxygen atoms in total. The van der Waals surface area contributed by atoms with Crippen LogP contribution in [-0.2, 0) is 4.79 Å². The molecule has 2 rings (SSSR count). The summed E-state index contributed by atoms with van der Waals surface area (Å²) in [6, 6.07) is 0. The normalized spacial score (nSPS) is 41.1. The van der Waals surface area contributed by atoms with Crippen molar-refractivity contribution in [3.05, 3.63) is 24.3 Å². The van der Waals surface area contributed by atoms with Crippen molar-refractivity contribution >= 4 is 5.78 Å². The first-order chi connectivity index (χ1) is 8.00. The van der Waals surface area contributed by atoms with Gasteiger partial charge in [-0.3, -0.25) is 4.79 Å². The van der Waals surface area contributed by atoms with E-state index in [0.717, 1.165) is 19.3 Å². The molecule has 2 aliphatic rings. The Morgan fingerprint density at radius 1 is 1.65 bits per heavy atom. The molecule has 94 valence electrons. The van der Waals surface area contributed by atoms with Gasteiger partial charge in [0, 0.05) is 11.3 Å². The average molecular weight is 234 g/mol. The summed E-state index contributed by atoms with van der Waals surface area (Å²) in [6.07, 6.45) is 6.69. The van der Waals surface area contributed by atoms with Gasteiger partial charge in [-0.1, -0.05) is 25.2 Å². The summed E-state index contributed by atoms with van der Waals surface area (Å²) < 4.78 is 0. The van der Waals surface area contributed by atoms with Gasteiger partial charge in [0.2, 0.25) is 0 Å². The van der Waals surface area contributed by atoms with E-state index in [-0.39, 0.29) is 29.6 Å². The molecule has 1 N–H and O–H groups in total. The molecule has 0 heterocycles. The molecule has 1 fully saturated rings. The van der Waals surface area contributed by atoms with Gasteiger partial charge in [-0.2, -0.15) is 0 Å². The van der Waals surface area contributed by atoms with Crippen molar-refractivity contribution in [1.82, 2.24) is 0 Å². The first kappa shape index (κ1) is 12.6. The number of ketones is 1. The standard InChI is InChI=1S/C15H22O2/c1-10(2)12-4-6-15(9-16)7-5-14(17)11(3)13(15)8-12/h5,7,11-13,16H,1,4,6,8-9H2,2-3H3/t11-,12+,13+,15-/m0/s1. The number of hydrogen-bond acceptors (Lipinski definition) is 2. The van der Waals surface area contributed by atoms with Crippen LogP contribution in [0.15, 0.2) is 24.3 Å². The van der Waals surface area contributed by atoms with Gasteiger partial charge >= 0.3 is 0 Å². The summed E-state index contributed by atoms with van der Waals surface area (Å²) in [6.45, 7) is 8.28. The highest BCUT2D eigenvalue weighted by Gasteiger charge is 2.47. The predicted octanol–water partition coefficient (Wildman–Crippen LogP) is 2.73. The smallest absolute Gasteiger partial charge is 0.158 e. The zero-order valence-electron chi connectivity index (χ0n) is 10.8. The molecule has 0 spiro atoms. The second kappa shape index (κ2) is 4.41. The molecule has 0 unspecified atom stereocenters. The Labute approximate surface area is 103 Å². The average Bonchev–Trinajstić information content (AvgIpc) is 2.33. The third-order valence-electron chi connectivity index (χ3n) is 4.86. The van der Waals surface area contributed by atoms with Gasteiger partial charge in [-0.05, 0) is 44.1 Å². The van der Waals surface area contributed by atoms with Crippen molar-refractivity contribution in [2.45, 2.75) is 33.1 Å². The van der Waals surface area contributed by atoms with E-state index in [0.29, 0.717) is 5.92 Å². The molecular formula is C15H22O2. The monoisotopic (exact) mass is 234 g/mol. The van der Waals surface area contributed by atoms with Gasteiger partial charge in [0.15, 0.2) is 5.78 Å². The highest BCUT2D eigenvalue weighted by molar-refractivity contribution is 5.92. The van der Waals surface area contributed by atoms with Gasteiger partial charge in [0.25, 0.3) is 0 Å². The molecule has 4 atom stereocenters. The number of aliphatic hydroxyl groups is 1. The number of hydrogen-bond donors (Lipinski definition) is 1. The van der Waals surface area contributed by atoms with Crippen LogP contribution in [0.2, 0.25) is 0 Å². The first-order valence-electron chi connectivity index (χ1n) is 6.49. The number of carbonyl (C=O) groups excluding carboxylic acids is 1. The molecule has 0 saturated heterocycles. The van der Waals surface area contributed by atoms with E-state index in [2.05, 4.69) is 13.5 Å². The van der Waals surface area contributed by atoms with Crippen LogP contribution >= 0.6 is 0 Å². The van der Waals surface area contributed by atoms with Gasteiger partial charge in [-0.25, -0.2) is 0 Å². The van der Waals surface area contributed by atoms with Crippen molar-refractivity contribution in [2.75, 3.05) is 6.61 Å². The van der Waals surface area contributed by atoms with E-state index < -0.39 is 0 Å². The molecule has 0 bridgehead atoms. The van der Waals surface area contributed by atoms with E-state index in [1.54, 1.807) is 6.08 Å². The van der Waals surface area contributed by atoms with Gasteiger partial charge in [0.1, 0.15) is 0 Å². The van der Waals surface area contributed by atoms with E-state index >= 15 is 0 Å². The molecule has 0 aromatic heterocycles. The summed E-state index contributed by atoms with van der Waals surface area (Å²) in [5, 5.41) is 9.72. The van der Waals surface area contributed by atoms with Crippen LogP contribution in [0, 0.1) is 23.2 Å². The Kier molecular flexibility index (Phi) is 3.26. The molecule has 17 heavy (non-hydrogen) atoms. The van der Waals surface area contributed by atoms with Crippen LogP contribution in [0.25, 0.3) is 0 Å². The van der Waals surface area contributed by atoms with E-state index in [4.69, 9.17) is 0 Å². The van der Waals surface area contributed by atoms with Crippen LogP contribution in [-0.4, -0.2) is 17.5 Å². The highest BCUT2D eigenvalue weighted by Crippen LogP contribution is 2.51. The third kappa shape index (κ3) is 1.99. The van der Waals surface area contributed by atoms with Crippen molar-refractivity contribution in [2.24, 2.45) is 23.2 Å². The van der Waals surface area contributed by atoms with E-state index in [1.807, 2.05) is 13.0 Å². The Hall–Kier alpha value is -0.890. The lowest BCUT2D eigenvalue weighted by atomic mass is 9.56. The summed E-state index contributed by atoms with van der Waals surface area (Å²) in [5.74, 6) is 1.04. The topological polar surface area (TPSA) is 37.3 Å². The maximum Gasteiger partial charge on any atom is 0.158 e. The minimum Gasteiger partial charge on any atom is -0.395 e. The summed E-state index contributed by atoms with van der Waals surface area (Å²) in [4.78, 5) is 11.8. The Balaban J connectivity index is 2.30. The van der Waals surface area contributed by atoms with Crippen molar-refractivity contribution in [3.63, 3.8) is 0 Å². The molecular weight excluding hydrogens is 212 g/mol. The minimum absolute atomic E-state index is 0.0364. The summed E-state index contributed by atoms with van der Waals surface area (Å²) >= 11 is 0. The van der Waals surface area contributed by atoms with Crippen molar-refractivity contribution < 1.29 is 9.90 Å². The zero-order chi connectivity index (χ0) is 12.6. The number of aliphatic hydroxyl groups excluding tert-OH is 1. The lowest BCUT2D eigenvalue weighted by Crippen LogP contribution is -2.45. The molecule has 0 aliphatic heterocycles. The van der Waals surface area contributed by atoms with Crippen LogP contribution in [0.4, 0.5) is 0 Å². The number of allylic oxidation sites excluding steroid dienone is 2. The Bertz CT molecular complexity index is 369. The van der Waals surface area contributed by atoms with Crippen LogP contribution < -0.4 is 0 Å². The van der Waals surface area contributed by atoms with Crippen LogP contribution in [0.1, 0.15) is 33.1 Å². The van der Waals surface area contributed by atoms with Crippen LogP contribution in [0.3, 0.4) is 0 Å². The highest BCUT2D eigenvalue weighted by atomic mass is 16.3. The van der Waals surface area contributed by atoms with Gasteiger partial charge in [-0.15, -0.1) is 0 Å². The Morgan fingerprint density at radius 3 is 2.94 bits per heavy atom. The molecule has 0 radical (unpaired) electrons. The first-order valence-corrected chi connectivity index (χ1v) is 6.49. The summed E-state index contributed by atoms with van der Waals surface area (Å²) in [5.41, 5.74) is 1.06. The lowest BCUT2D eigenvalue weighted by molar-refractivity contribution is -0.124. The molecule has 2 aliphatic carbocycles. The molecule has 0 amide bonds.